The van der Waals surface area contributed by atoms with Crippen molar-refractivity contribution in [2.45, 2.75) is 32.2 Å². The van der Waals surface area contributed by atoms with Crippen LogP contribution >= 0.6 is 0 Å². The van der Waals surface area contributed by atoms with Gasteiger partial charge in [-0.3, -0.25) is 4.79 Å². The van der Waals surface area contributed by atoms with E-state index < -0.39 is 0 Å². The number of rotatable bonds is 1. The van der Waals surface area contributed by atoms with Crippen molar-refractivity contribution in [3.05, 3.63) is 0 Å². The first-order chi connectivity index (χ1) is 5.65. The molecule has 3 unspecified atom stereocenters. The van der Waals surface area contributed by atoms with Gasteiger partial charge >= 0.3 is 5.97 Å². The van der Waals surface area contributed by atoms with Crippen LogP contribution in [0.2, 0.25) is 0 Å². The van der Waals surface area contributed by atoms with E-state index in [1.807, 2.05) is 0 Å². The highest BCUT2D eigenvalue weighted by atomic mass is 16.5. The SMILES string of the molecule is COC(=O)C1CCC(N)C(C)C1. The molecule has 3 atom stereocenters. The predicted molar refractivity (Wildman–Crippen MR) is 46.5 cm³/mol. The second-order valence-electron chi connectivity index (χ2n) is 3.67. The topological polar surface area (TPSA) is 52.3 Å². The number of methoxy groups -OCH3 is 1. The number of carbonyl (C=O) groups is 1. The summed E-state index contributed by atoms with van der Waals surface area (Å²) in [5.74, 6) is 0.460. The molecule has 0 aliphatic heterocycles. The summed E-state index contributed by atoms with van der Waals surface area (Å²) in [6.45, 7) is 2.10. The molecular weight excluding hydrogens is 154 g/mol. The Bertz CT molecular complexity index is 170. The maximum atomic E-state index is 11.2. The molecule has 2 N–H and O–H groups in total. The fourth-order valence-electron chi connectivity index (χ4n) is 1.80. The van der Waals surface area contributed by atoms with Gasteiger partial charge in [0.25, 0.3) is 0 Å². The monoisotopic (exact) mass is 171 g/mol. The molecule has 70 valence electrons. The molecule has 1 saturated carbocycles. The second-order valence-corrected chi connectivity index (χ2v) is 3.67. The first-order valence-corrected chi connectivity index (χ1v) is 4.48. The Balaban J connectivity index is 2.45. The Morgan fingerprint density at radius 2 is 2.17 bits per heavy atom. The van der Waals surface area contributed by atoms with Crippen LogP contribution in [0.5, 0.6) is 0 Å². The molecular formula is C9H17NO2. The Hall–Kier alpha value is -0.570. The standard InChI is InChI=1S/C9H17NO2/c1-6-5-7(9(11)12-2)3-4-8(6)10/h6-8H,3-5,10H2,1-2H3. The highest BCUT2D eigenvalue weighted by molar-refractivity contribution is 5.72. The van der Waals surface area contributed by atoms with E-state index in [4.69, 9.17) is 10.5 Å². The zero-order valence-corrected chi connectivity index (χ0v) is 7.75. The number of carbonyl (C=O) groups excluding carboxylic acids is 1. The first kappa shape index (κ1) is 9.52. The average Bonchev–Trinajstić information content (AvgIpc) is 2.08. The fraction of sp³-hybridized carbons (Fsp3) is 0.889. The lowest BCUT2D eigenvalue weighted by Crippen LogP contribution is -2.37. The summed E-state index contributed by atoms with van der Waals surface area (Å²) >= 11 is 0. The molecule has 0 bridgehead atoms. The van der Waals surface area contributed by atoms with Gasteiger partial charge in [-0.15, -0.1) is 0 Å². The molecule has 0 saturated heterocycles. The largest absolute Gasteiger partial charge is 0.469 e. The summed E-state index contributed by atoms with van der Waals surface area (Å²) in [6.07, 6.45) is 2.72. The average molecular weight is 171 g/mol. The Morgan fingerprint density at radius 1 is 1.50 bits per heavy atom. The highest BCUT2D eigenvalue weighted by Crippen LogP contribution is 2.28. The van der Waals surface area contributed by atoms with Crippen molar-refractivity contribution in [2.24, 2.45) is 17.6 Å². The normalized spacial score (nSPS) is 36.1. The van der Waals surface area contributed by atoms with Crippen LogP contribution in [0.15, 0.2) is 0 Å². The molecule has 0 spiro atoms. The van der Waals surface area contributed by atoms with Gasteiger partial charge < -0.3 is 10.5 Å². The minimum atomic E-state index is -0.0752. The minimum Gasteiger partial charge on any atom is -0.469 e. The number of ether oxygens (including phenoxy) is 1. The quantitative estimate of drug-likeness (QED) is 0.597. The summed E-state index contributed by atoms with van der Waals surface area (Å²) in [7, 11) is 1.45. The van der Waals surface area contributed by atoms with Gasteiger partial charge in [0.15, 0.2) is 0 Å². The first-order valence-electron chi connectivity index (χ1n) is 4.48. The van der Waals surface area contributed by atoms with Crippen molar-refractivity contribution in [3.8, 4) is 0 Å². The van der Waals surface area contributed by atoms with Crippen LogP contribution in [0.4, 0.5) is 0 Å². The molecule has 3 heteroatoms. The lowest BCUT2D eigenvalue weighted by Gasteiger charge is -2.30. The molecule has 1 aliphatic rings. The Morgan fingerprint density at radius 3 is 2.67 bits per heavy atom. The van der Waals surface area contributed by atoms with Crippen molar-refractivity contribution in [1.29, 1.82) is 0 Å². The van der Waals surface area contributed by atoms with E-state index in [1.54, 1.807) is 0 Å². The molecule has 0 amide bonds. The molecule has 0 heterocycles. The Kier molecular flexibility index (Phi) is 3.09. The van der Waals surface area contributed by atoms with E-state index in [1.165, 1.54) is 7.11 Å². The van der Waals surface area contributed by atoms with Gasteiger partial charge in [-0.1, -0.05) is 6.92 Å². The van der Waals surface area contributed by atoms with Gasteiger partial charge in [-0.05, 0) is 25.2 Å². The van der Waals surface area contributed by atoms with Gasteiger partial charge in [-0.2, -0.15) is 0 Å². The summed E-state index contributed by atoms with van der Waals surface area (Å²) in [5.41, 5.74) is 5.83. The van der Waals surface area contributed by atoms with E-state index in [0.717, 1.165) is 19.3 Å². The van der Waals surface area contributed by atoms with Crippen LogP contribution in [0.25, 0.3) is 0 Å². The number of hydrogen-bond acceptors (Lipinski definition) is 3. The predicted octanol–water partition coefficient (Wildman–Crippen LogP) is 0.923. The highest BCUT2D eigenvalue weighted by Gasteiger charge is 2.29. The van der Waals surface area contributed by atoms with Crippen LogP contribution in [0.3, 0.4) is 0 Å². The van der Waals surface area contributed by atoms with Crippen molar-refractivity contribution in [3.63, 3.8) is 0 Å². The zero-order chi connectivity index (χ0) is 9.14. The number of nitrogens with two attached hydrogens (primary N) is 1. The van der Waals surface area contributed by atoms with E-state index in [0.29, 0.717) is 5.92 Å². The Labute approximate surface area is 73.3 Å². The van der Waals surface area contributed by atoms with Crippen LogP contribution in [0.1, 0.15) is 26.2 Å². The van der Waals surface area contributed by atoms with E-state index in [9.17, 15) is 4.79 Å². The van der Waals surface area contributed by atoms with Crippen molar-refractivity contribution >= 4 is 5.97 Å². The van der Waals surface area contributed by atoms with Crippen LogP contribution < -0.4 is 5.73 Å². The fourth-order valence-corrected chi connectivity index (χ4v) is 1.80. The van der Waals surface area contributed by atoms with Gasteiger partial charge in [0.2, 0.25) is 0 Å². The molecule has 12 heavy (non-hydrogen) atoms. The van der Waals surface area contributed by atoms with E-state index >= 15 is 0 Å². The van der Waals surface area contributed by atoms with E-state index in [2.05, 4.69) is 6.92 Å². The molecule has 0 aromatic rings. The zero-order valence-electron chi connectivity index (χ0n) is 7.75. The van der Waals surface area contributed by atoms with Gasteiger partial charge in [0.05, 0.1) is 13.0 Å². The minimum absolute atomic E-state index is 0.0752. The van der Waals surface area contributed by atoms with Gasteiger partial charge in [-0.25, -0.2) is 0 Å². The summed E-state index contributed by atoms with van der Waals surface area (Å²) in [6, 6.07) is 0.269. The lowest BCUT2D eigenvalue weighted by molar-refractivity contribution is -0.147. The molecule has 0 aromatic carbocycles. The second kappa shape index (κ2) is 3.90. The van der Waals surface area contributed by atoms with Crippen molar-refractivity contribution < 1.29 is 9.53 Å². The van der Waals surface area contributed by atoms with Crippen LogP contribution in [-0.4, -0.2) is 19.1 Å². The molecule has 1 rings (SSSR count). The molecule has 1 aliphatic carbocycles. The van der Waals surface area contributed by atoms with E-state index in [-0.39, 0.29) is 17.9 Å². The third kappa shape index (κ3) is 1.97. The van der Waals surface area contributed by atoms with Gasteiger partial charge in [0, 0.05) is 6.04 Å². The summed E-state index contributed by atoms with van der Waals surface area (Å²) in [5, 5.41) is 0. The van der Waals surface area contributed by atoms with Crippen LogP contribution in [0, 0.1) is 11.8 Å². The summed E-state index contributed by atoms with van der Waals surface area (Å²) < 4.78 is 4.69. The smallest absolute Gasteiger partial charge is 0.308 e. The molecule has 3 nitrogen and oxygen atoms in total. The number of hydrogen-bond donors (Lipinski definition) is 1. The maximum absolute atomic E-state index is 11.2. The van der Waals surface area contributed by atoms with Crippen LogP contribution in [-0.2, 0) is 9.53 Å². The summed E-state index contributed by atoms with van der Waals surface area (Å²) in [4.78, 5) is 11.2. The van der Waals surface area contributed by atoms with Crippen molar-refractivity contribution in [2.75, 3.05) is 7.11 Å². The van der Waals surface area contributed by atoms with Crippen molar-refractivity contribution in [1.82, 2.24) is 0 Å². The maximum Gasteiger partial charge on any atom is 0.308 e. The van der Waals surface area contributed by atoms with Gasteiger partial charge in [0.1, 0.15) is 0 Å². The number of esters is 1. The molecule has 1 fully saturated rings. The lowest BCUT2D eigenvalue weighted by atomic mass is 9.79. The third-order valence-corrected chi connectivity index (χ3v) is 2.77. The molecule has 0 aromatic heterocycles. The third-order valence-electron chi connectivity index (χ3n) is 2.77. The molecule has 0 radical (unpaired) electrons.